The van der Waals surface area contributed by atoms with Crippen LogP contribution in [0.15, 0.2) is 24.3 Å². The molecule has 3 aromatic rings. The minimum Gasteiger partial charge on any atom is -0.497 e. The number of aryl methyl sites for hydroxylation is 3. The summed E-state index contributed by atoms with van der Waals surface area (Å²) >= 11 is 0. The fourth-order valence-corrected chi connectivity index (χ4v) is 4.66. The van der Waals surface area contributed by atoms with E-state index in [9.17, 15) is 4.79 Å². The number of amides is 1. The molecular formula is C24H30N4O3. The van der Waals surface area contributed by atoms with Gasteiger partial charge in [0.2, 0.25) is 5.91 Å². The number of carbonyl (C=O) groups excluding carboxylic acids is 1. The first-order chi connectivity index (χ1) is 14.9. The van der Waals surface area contributed by atoms with Crippen LogP contribution in [-0.2, 0) is 11.2 Å². The minimum absolute atomic E-state index is 0.0323. The summed E-state index contributed by atoms with van der Waals surface area (Å²) in [5, 5.41) is 4.54. The molecule has 1 amide bonds. The Morgan fingerprint density at radius 1 is 1.16 bits per heavy atom. The zero-order valence-electron chi connectivity index (χ0n) is 18.9. The van der Waals surface area contributed by atoms with E-state index in [1.54, 1.807) is 14.2 Å². The van der Waals surface area contributed by atoms with Gasteiger partial charge in [-0.05, 0) is 57.7 Å². The number of hydrogen-bond donors (Lipinski definition) is 0. The van der Waals surface area contributed by atoms with Crippen LogP contribution in [0.1, 0.15) is 53.5 Å². The highest BCUT2D eigenvalue weighted by Crippen LogP contribution is 2.39. The van der Waals surface area contributed by atoms with Crippen molar-refractivity contribution in [1.82, 2.24) is 19.5 Å². The van der Waals surface area contributed by atoms with Gasteiger partial charge in [0.25, 0.3) is 0 Å². The number of nitrogens with zero attached hydrogens (tertiary/aromatic N) is 4. The molecule has 2 aromatic heterocycles. The van der Waals surface area contributed by atoms with E-state index in [1.165, 1.54) is 0 Å². The van der Waals surface area contributed by atoms with Gasteiger partial charge in [-0.25, -0.2) is 9.50 Å². The van der Waals surface area contributed by atoms with Gasteiger partial charge in [-0.3, -0.25) is 4.79 Å². The predicted molar refractivity (Wildman–Crippen MR) is 119 cm³/mol. The van der Waals surface area contributed by atoms with Gasteiger partial charge in [0.15, 0.2) is 5.65 Å². The summed E-state index contributed by atoms with van der Waals surface area (Å²) in [5.74, 6) is 1.68. The van der Waals surface area contributed by atoms with E-state index in [2.05, 4.69) is 17.0 Å². The summed E-state index contributed by atoms with van der Waals surface area (Å²) in [7, 11) is 3.30. The molecular weight excluding hydrogens is 392 g/mol. The Morgan fingerprint density at radius 2 is 1.97 bits per heavy atom. The molecule has 7 nitrogen and oxygen atoms in total. The Kier molecular flexibility index (Phi) is 5.85. The quantitative estimate of drug-likeness (QED) is 0.601. The van der Waals surface area contributed by atoms with Crippen molar-refractivity contribution < 1.29 is 14.3 Å². The zero-order valence-corrected chi connectivity index (χ0v) is 18.9. The molecule has 1 aromatic carbocycles. The summed E-state index contributed by atoms with van der Waals surface area (Å²) < 4.78 is 12.8. The van der Waals surface area contributed by atoms with Gasteiger partial charge in [-0.1, -0.05) is 0 Å². The first-order valence-corrected chi connectivity index (χ1v) is 10.8. The van der Waals surface area contributed by atoms with Crippen LogP contribution in [0.5, 0.6) is 11.5 Å². The second kappa shape index (κ2) is 8.57. The van der Waals surface area contributed by atoms with Crippen LogP contribution in [0, 0.1) is 20.8 Å². The monoisotopic (exact) mass is 422 g/mol. The molecule has 1 saturated heterocycles. The maximum atomic E-state index is 13.2. The number of hydrogen-bond acceptors (Lipinski definition) is 5. The first kappa shape index (κ1) is 21.2. The van der Waals surface area contributed by atoms with Crippen molar-refractivity contribution in [2.75, 3.05) is 20.8 Å². The van der Waals surface area contributed by atoms with Crippen LogP contribution in [0.2, 0.25) is 0 Å². The molecule has 4 rings (SSSR count). The number of fused-ring (bicyclic) bond motifs is 1. The Labute approximate surface area is 183 Å². The van der Waals surface area contributed by atoms with Gasteiger partial charge in [0, 0.05) is 42.0 Å². The van der Waals surface area contributed by atoms with Crippen molar-refractivity contribution in [2.45, 2.75) is 52.5 Å². The third-order valence-electron chi connectivity index (χ3n) is 6.25. The first-order valence-electron chi connectivity index (χ1n) is 10.8. The second-order valence-electron chi connectivity index (χ2n) is 8.17. The number of aromatic nitrogens is 3. The lowest BCUT2D eigenvalue weighted by molar-refractivity contribution is -0.132. The standard InChI is InChI=1S/C24H30N4O3/c1-15-13-23-25-16(2)19(17(3)28(23)26-15)10-11-24(29)27-12-6-7-21(27)20-9-8-18(30-4)14-22(20)31-5/h8-9,13-14,21H,6-7,10-12H2,1-5H3. The van der Waals surface area contributed by atoms with E-state index >= 15 is 0 Å². The Balaban J connectivity index is 1.53. The smallest absolute Gasteiger partial charge is 0.223 e. The highest BCUT2D eigenvalue weighted by molar-refractivity contribution is 5.77. The zero-order chi connectivity index (χ0) is 22.1. The molecule has 1 atom stereocenters. The molecule has 3 heterocycles. The van der Waals surface area contributed by atoms with Crippen molar-refractivity contribution in [3.63, 3.8) is 0 Å². The Hall–Kier alpha value is -3.09. The summed E-state index contributed by atoms with van der Waals surface area (Å²) in [6.07, 6.45) is 3.03. The topological polar surface area (TPSA) is 69.0 Å². The van der Waals surface area contributed by atoms with Gasteiger partial charge < -0.3 is 14.4 Å². The average molecular weight is 423 g/mol. The highest BCUT2D eigenvalue weighted by Gasteiger charge is 2.32. The predicted octanol–water partition coefficient (Wildman–Crippen LogP) is 3.97. The Morgan fingerprint density at radius 3 is 2.71 bits per heavy atom. The van der Waals surface area contributed by atoms with Crippen molar-refractivity contribution in [2.24, 2.45) is 0 Å². The molecule has 0 saturated carbocycles. The number of benzene rings is 1. The lowest BCUT2D eigenvalue weighted by atomic mass is 10.0. The van der Waals surface area contributed by atoms with Crippen molar-refractivity contribution in [1.29, 1.82) is 0 Å². The molecule has 31 heavy (non-hydrogen) atoms. The molecule has 7 heteroatoms. The van der Waals surface area contributed by atoms with Crippen LogP contribution >= 0.6 is 0 Å². The van der Waals surface area contributed by atoms with Crippen LogP contribution in [-0.4, -0.2) is 46.2 Å². The van der Waals surface area contributed by atoms with E-state index < -0.39 is 0 Å². The van der Waals surface area contributed by atoms with Crippen molar-refractivity contribution in [3.05, 3.63) is 52.5 Å². The van der Waals surface area contributed by atoms with Crippen LogP contribution in [0.4, 0.5) is 0 Å². The van der Waals surface area contributed by atoms with Gasteiger partial charge in [-0.2, -0.15) is 5.10 Å². The van der Waals surface area contributed by atoms with Crippen LogP contribution in [0.3, 0.4) is 0 Å². The fourth-order valence-electron chi connectivity index (χ4n) is 4.66. The highest BCUT2D eigenvalue weighted by atomic mass is 16.5. The molecule has 0 aliphatic carbocycles. The fraction of sp³-hybridized carbons (Fsp3) is 0.458. The molecule has 0 N–H and O–H groups in total. The van der Waals surface area contributed by atoms with E-state index in [4.69, 9.17) is 9.47 Å². The average Bonchev–Trinajstić information content (AvgIpc) is 3.39. The number of likely N-dealkylation sites (tertiary alicyclic amines) is 1. The molecule has 0 bridgehead atoms. The maximum Gasteiger partial charge on any atom is 0.223 e. The largest absolute Gasteiger partial charge is 0.497 e. The summed E-state index contributed by atoms with van der Waals surface area (Å²) in [6, 6.07) is 7.84. The van der Waals surface area contributed by atoms with Gasteiger partial charge in [-0.15, -0.1) is 0 Å². The molecule has 0 spiro atoms. The summed E-state index contributed by atoms with van der Waals surface area (Å²) in [5.41, 5.74) is 5.95. The van der Waals surface area contributed by atoms with Gasteiger partial charge in [0.1, 0.15) is 11.5 Å². The molecule has 1 unspecified atom stereocenters. The third-order valence-corrected chi connectivity index (χ3v) is 6.25. The summed E-state index contributed by atoms with van der Waals surface area (Å²) in [6.45, 7) is 6.80. The van der Waals surface area contributed by atoms with Crippen LogP contribution < -0.4 is 9.47 Å². The lowest BCUT2D eigenvalue weighted by Gasteiger charge is -2.27. The molecule has 1 fully saturated rings. The number of ether oxygens (including phenoxy) is 2. The minimum atomic E-state index is 0.0323. The SMILES string of the molecule is COc1ccc(C2CCCN2C(=O)CCc2c(C)nc3cc(C)nn3c2C)c(OC)c1. The maximum absolute atomic E-state index is 13.2. The van der Waals surface area contributed by atoms with E-state index in [0.29, 0.717) is 12.8 Å². The Bertz CT molecular complexity index is 1120. The van der Waals surface area contributed by atoms with Crippen molar-refractivity contribution >= 4 is 11.6 Å². The van der Waals surface area contributed by atoms with Gasteiger partial charge >= 0.3 is 0 Å². The van der Waals surface area contributed by atoms with Crippen molar-refractivity contribution in [3.8, 4) is 11.5 Å². The van der Waals surface area contributed by atoms with E-state index in [1.807, 2.05) is 47.5 Å². The second-order valence-corrected chi connectivity index (χ2v) is 8.17. The lowest BCUT2D eigenvalue weighted by Crippen LogP contribution is -2.31. The number of methoxy groups -OCH3 is 2. The normalized spacial score (nSPS) is 16.2. The van der Waals surface area contributed by atoms with E-state index in [-0.39, 0.29) is 11.9 Å². The molecule has 0 radical (unpaired) electrons. The molecule has 1 aliphatic rings. The third kappa shape index (κ3) is 3.96. The number of carbonyl (C=O) groups is 1. The van der Waals surface area contributed by atoms with Crippen LogP contribution in [0.25, 0.3) is 5.65 Å². The van der Waals surface area contributed by atoms with E-state index in [0.717, 1.165) is 64.7 Å². The molecule has 1 aliphatic heterocycles. The number of rotatable bonds is 6. The summed E-state index contributed by atoms with van der Waals surface area (Å²) in [4.78, 5) is 19.9. The van der Waals surface area contributed by atoms with Gasteiger partial charge in [0.05, 0.1) is 26.0 Å². The molecule has 164 valence electrons.